The topological polar surface area (TPSA) is 124 Å². The molecule has 12 heteroatoms. The van der Waals surface area contributed by atoms with Crippen molar-refractivity contribution in [3.05, 3.63) is 0 Å². The van der Waals surface area contributed by atoms with Gasteiger partial charge in [0.15, 0.2) is 11.6 Å². The van der Waals surface area contributed by atoms with Crippen LogP contribution < -0.4 is 0 Å². The smallest absolute Gasteiger partial charge is 0.264 e. The molecule has 0 aromatic rings. The molecule has 2 unspecified atom stereocenters. The minimum Gasteiger partial charge on any atom is -0.348 e. The third kappa shape index (κ3) is 6.37. The van der Waals surface area contributed by atoms with Gasteiger partial charge in [-0.25, -0.2) is 0 Å². The highest BCUT2D eigenvalue weighted by atomic mass is 32.2. The third-order valence-corrected chi connectivity index (χ3v) is 4.81. The first-order valence-electron chi connectivity index (χ1n) is 7.97. The molecule has 2 fully saturated rings. The first-order valence-corrected chi connectivity index (χ1v) is 11.6. The van der Waals surface area contributed by atoms with E-state index in [4.69, 9.17) is 27.3 Å². The summed E-state index contributed by atoms with van der Waals surface area (Å²) in [5.41, 5.74) is 0. The molecule has 0 N–H and O–H groups in total. The molecule has 0 radical (unpaired) electrons. The van der Waals surface area contributed by atoms with Crippen molar-refractivity contribution in [2.75, 3.05) is 25.7 Å². The Balaban J connectivity index is 2.27. The van der Waals surface area contributed by atoms with Gasteiger partial charge in [0.2, 0.25) is 0 Å². The lowest BCUT2D eigenvalue weighted by Gasteiger charge is -2.29. The Morgan fingerprint density at radius 1 is 0.962 bits per heavy atom. The molecule has 2 aliphatic heterocycles. The predicted molar refractivity (Wildman–Crippen MR) is 89.2 cm³/mol. The molecular weight excluding hydrogens is 392 g/mol. The molecule has 2 saturated heterocycles. The van der Waals surface area contributed by atoms with E-state index in [0.29, 0.717) is 0 Å². The standard InChI is InChI=1S/C14H26O10S2/c1-13(2)19-7-9(21-13)12(24-26(6,17)18)11-10(8-20-25(5,15)16)22-14(3,4)23-11/h9-12H,7-8H2,1-6H3/t9?,10-,11-,12?/m0/s1. The van der Waals surface area contributed by atoms with Crippen molar-refractivity contribution in [3.8, 4) is 0 Å². The van der Waals surface area contributed by atoms with E-state index in [1.54, 1.807) is 27.7 Å². The summed E-state index contributed by atoms with van der Waals surface area (Å²) in [5, 5.41) is 0. The van der Waals surface area contributed by atoms with Crippen LogP contribution in [0.2, 0.25) is 0 Å². The molecule has 0 aromatic carbocycles. The maximum atomic E-state index is 11.8. The van der Waals surface area contributed by atoms with Crippen molar-refractivity contribution in [3.63, 3.8) is 0 Å². The summed E-state index contributed by atoms with van der Waals surface area (Å²) in [7, 11) is -7.59. The van der Waals surface area contributed by atoms with Gasteiger partial charge < -0.3 is 18.9 Å². The van der Waals surface area contributed by atoms with Crippen molar-refractivity contribution in [2.24, 2.45) is 0 Å². The van der Waals surface area contributed by atoms with Crippen LogP contribution in [0.3, 0.4) is 0 Å². The van der Waals surface area contributed by atoms with Crippen LogP contribution in [0.1, 0.15) is 27.7 Å². The monoisotopic (exact) mass is 418 g/mol. The Morgan fingerprint density at radius 2 is 1.58 bits per heavy atom. The van der Waals surface area contributed by atoms with Gasteiger partial charge in [-0.05, 0) is 27.7 Å². The second kappa shape index (κ2) is 7.24. The highest BCUT2D eigenvalue weighted by Crippen LogP contribution is 2.36. The second-order valence-electron chi connectivity index (χ2n) is 7.26. The van der Waals surface area contributed by atoms with Gasteiger partial charge in [-0.1, -0.05) is 0 Å². The van der Waals surface area contributed by atoms with Gasteiger partial charge in [-0.2, -0.15) is 16.8 Å². The molecule has 0 aliphatic carbocycles. The van der Waals surface area contributed by atoms with Crippen LogP contribution in [-0.4, -0.2) is 78.6 Å². The molecule has 2 aliphatic rings. The lowest BCUT2D eigenvalue weighted by molar-refractivity contribution is -0.174. The predicted octanol–water partition coefficient (Wildman–Crippen LogP) is -0.0210. The summed E-state index contributed by atoms with van der Waals surface area (Å²) < 4.78 is 78.8. The van der Waals surface area contributed by atoms with Gasteiger partial charge in [0.1, 0.15) is 24.4 Å². The highest BCUT2D eigenvalue weighted by Gasteiger charge is 2.52. The Labute approximate surface area is 154 Å². The zero-order valence-corrected chi connectivity index (χ0v) is 17.3. The molecule has 2 rings (SSSR count). The van der Waals surface area contributed by atoms with Crippen LogP contribution in [0.5, 0.6) is 0 Å². The SMILES string of the molecule is CC1(C)OCC(C(OS(C)(=O)=O)[C@H]2OC(C)(C)O[C@H]2COS(C)(=O)=O)O1. The lowest BCUT2D eigenvalue weighted by Crippen LogP contribution is -2.48. The van der Waals surface area contributed by atoms with Crippen molar-refractivity contribution >= 4 is 20.2 Å². The van der Waals surface area contributed by atoms with Crippen LogP contribution in [0, 0.1) is 0 Å². The zero-order chi connectivity index (χ0) is 20.0. The van der Waals surface area contributed by atoms with Gasteiger partial charge in [0.05, 0.1) is 25.7 Å². The molecule has 0 bridgehead atoms. The van der Waals surface area contributed by atoms with E-state index in [-0.39, 0.29) is 13.2 Å². The zero-order valence-electron chi connectivity index (χ0n) is 15.6. The average molecular weight is 418 g/mol. The molecule has 26 heavy (non-hydrogen) atoms. The summed E-state index contributed by atoms with van der Waals surface area (Å²) in [6.07, 6.45) is -1.90. The van der Waals surface area contributed by atoms with Gasteiger partial charge >= 0.3 is 0 Å². The minimum absolute atomic E-state index is 0.0765. The largest absolute Gasteiger partial charge is 0.348 e. The Hall–Kier alpha value is -0.340. The van der Waals surface area contributed by atoms with Crippen LogP contribution in [0.25, 0.3) is 0 Å². The maximum Gasteiger partial charge on any atom is 0.264 e. The summed E-state index contributed by atoms with van der Waals surface area (Å²) in [5.74, 6) is -2.01. The first kappa shape index (κ1) is 22.0. The van der Waals surface area contributed by atoms with Crippen LogP contribution in [0.4, 0.5) is 0 Å². The molecule has 10 nitrogen and oxygen atoms in total. The summed E-state index contributed by atoms with van der Waals surface area (Å²) in [4.78, 5) is 0. The molecule has 154 valence electrons. The molecule has 0 aromatic heterocycles. The van der Waals surface area contributed by atoms with Gasteiger partial charge in [-0.15, -0.1) is 0 Å². The van der Waals surface area contributed by atoms with E-state index in [9.17, 15) is 16.8 Å². The summed E-state index contributed by atoms with van der Waals surface area (Å²) >= 11 is 0. The van der Waals surface area contributed by atoms with E-state index in [1.807, 2.05) is 0 Å². The van der Waals surface area contributed by atoms with Crippen LogP contribution in [0.15, 0.2) is 0 Å². The van der Waals surface area contributed by atoms with Crippen LogP contribution >= 0.6 is 0 Å². The van der Waals surface area contributed by atoms with Crippen molar-refractivity contribution in [1.82, 2.24) is 0 Å². The van der Waals surface area contributed by atoms with Crippen molar-refractivity contribution in [2.45, 2.75) is 63.7 Å². The van der Waals surface area contributed by atoms with Crippen molar-refractivity contribution in [1.29, 1.82) is 0 Å². The molecule has 0 spiro atoms. The van der Waals surface area contributed by atoms with Crippen LogP contribution in [-0.2, 0) is 47.5 Å². The quantitative estimate of drug-likeness (QED) is 0.521. The Bertz CT molecular complexity index is 712. The highest BCUT2D eigenvalue weighted by molar-refractivity contribution is 7.86. The third-order valence-electron chi connectivity index (χ3n) is 3.67. The fraction of sp³-hybridized carbons (Fsp3) is 1.00. The van der Waals surface area contributed by atoms with E-state index in [0.717, 1.165) is 12.5 Å². The normalized spacial score (nSPS) is 32.6. The number of hydrogen-bond donors (Lipinski definition) is 0. The first-order chi connectivity index (χ1) is 11.6. The molecule has 4 atom stereocenters. The summed E-state index contributed by atoms with van der Waals surface area (Å²) in [6, 6.07) is 0. The number of rotatable bonds is 7. The number of hydrogen-bond acceptors (Lipinski definition) is 10. The van der Waals surface area contributed by atoms with Crippen molar-refractivity contribution < 1.29 is 44.1 Å². The molecule has 2 heterocycles. The second-order valence-corrected chi connectivity index (χ2v) is 10.5. The van der Waals surface area contributed by atoms with E-state index in [1.165, 1.54) is 0 Å². The van der Waals surface area contributed by atoms with Gasteiger partial charge in [0.25, 0.3) is 20.2 Å². The minimum atomic E-state index is -3.87. The van der Waals surface area contributed by atoms with E-state index < -0.39 is 56.2 Å². The fourth-order valence-corrected chi connectivity index (χ4v) is 3.89. The molecule has 0 saturated carbocycles. The van der Waals surface area contributed by atoms with Gasteiger partial charge in [0, 0.05) is 0 Å². The van der Waals surface area contributed by atoms with Gasteiger partial charge in [-0.3, -0.25) is 8.37 Å². The number of ether oxygens (including phenoxy) is 4. The molecular formula is C14H26O10S2. The lowest BCUT2D eigenvalue weighted by atomic mass is 10.0. The van der Waals surface area contributed by atoms with E-state index in [2.05, 4.69) is 0 Å². The molecule has 0 amide bonds. The fourth-order valence-electron chi connectivity index (χ4n) is 2.87. The Kier molecular flexibility index (Phi) is 6.12. The van der Waals surface area contributed by atoms with E-state index >= 15 is 0 Å². The summed E-state index contributed by atoms with van der Waals surface area (Å²) in [6.45, 7) is 6.33. The average Bonchev–Trinajstić information content (AvgIpc) is 2.91. The Morgan fingerprint density at radius 3 is 2.04 bits per heavy atom. The maximum absolute atomic E-state index is 11.8.